The molecule has 1 rings (SSSR count). The van der Waals surface area contributed by atoms with Crippen LogP contribution in [0.25, 0.3) is 6.08 Å². The third kappa shape index (κ3) is 1.26. The number of aromatic nitrogens is 1. The summed E-state index contributed by atoms with van der Waals surface area (Å²) >= 11 is 0. The Labute approximate surface area is 65.3 Å². The van der Waals surface area contributed by atoms with Crippen LogP contribution >= 0.6 is 0 Å². The molecule has 3 heteroatoms. The minimum atomic E-state index is 0.574. The van der Waals surface area contributed by atoms with Gasteiger partial charge >= 0.3 is 0 Å². The Hall–Kier alpha value is -1.64. The fraction of sp³-hybridized carbons (Fsp3) is 0. The quantitative estimate of drug-likeness (QED) is 0.646. The summed E-state index contributed by atoms with van der Waals surface area (Å²) in [6.07, 6.45) is 3.21. The summed E-state index contributed by atoms with van der Waals surface area (Å²) in [6.45, 7) is 6.96. The van der Waals surface area contributed by atoms with E-state index < -0.39 is 0 Å². The van der Waals surface area contributed by atoms with Gasteiger partial charge in [-0.3, -0.25) is 9.98 Å². The molecule has 0 spiro atoms. The Bertz CT molecular complexity index is 291. The van der Waals surface area contributed by atoms with Gasteiger partial charge in [0, 0.05) is 6.20 Å². The second-order valence-corrected chi connectivity index (χ2v) is 2.00. The van der Waals surface area contributed by atoms with Crippen molar-refractivity contribution in [2.24, 2.45) is 4.99 Å². The van der Waals surface area contributed by atoms with E-state index in [1.54, 1.807) is 18.3 Å². The number of nitrogens with zero attached hydrogens (tertiary/aromatic N) is 2. The van der Waals surface area contributed by atoms with Gasteiger partial charge in [0.25, 0.3) is 0 Å². The number of hydrogen-bond donors (Lipinski definition) is 1. The maximum atomic E-state index is 5.59. The zero-order chi connectivity index (χ0) is 8.27. The van der Waals surface area contributed by atoms with Crippen LogP contribution in [-0.2, 0) is 0 Å². The van der Waals surface area contributed by atoms with Crippen molar-refractivity contribution in [1.82, 2.24) is 4.98 Å². The fourth-order valence-electron chi connectivity index (χ4n) is 0.807. The second-order valence-electron chi connectivity index (χ2n) is 2.00. The first-order valence-electron chi connectivity index (χ1n) is 3.13. The molecule has 11 heavy (non-hydrogen) atoms. The van der Waals surface area contributed by atoms with Gasteiger partial charge in [0.1, 0.15) is 5.69 Å². The Morgan fingerprint density at radius 1 is 1.64 bits per heavy atom. The van der Waals surface area contributed by atoms with Gasteiger partial charge in [-0.2, -0.15) is 0 Å². The lowest BCUT2D eigenvalue weighted by Gasteiger charge is -2.00. The molecule has 0 amide bonds. The molecule has 0 saturated heterocycles. The normalized spacial score (nSPS) is 9.09. The van der Waals surface area contributed by atoms with E-state index >= 15 is 0 Å². The van der Waals surface area contributed by atoms with Crippen LogP contribution in [0.1, 0.15) is 5.69 Å². The van der Waals surface area contributed by atoms with Gasteiger partial charge in [0.15, 0.2) is 0 Å². The van der Waals surface area contributed by atoms with Gasteiger partial charge in [-0.05, 0) is 18.9 Å². The van der Waals surface area contributed by atoms with E-state index in [1.165, 1.54) is 0 Å². The van der Waals surface area contributed by atoms with Crippen LogP contribution in [0.2, 0.25) is 0 Å². The maximum absolute atomic E-state index is 5.59. The van der Waals surface area contributed by atoms with E-state index in [-0.39, 0.29) is 0 Å². The number of pyridine rings is 1. The van der Waals surface area contributed by atoms with Crippen molar-refractivity contribution in [3.63, 3.8) is 0 Å². The summed E-state index contributed by atoms with van der Waals surface area (Å²) in [4.78, 5) is 7.73. The number of aliphatic imine (C=N–C) groups is 1. The van der Waals surface area contributed by atoms with Crippen molar-refractivity contribution in [1.29, 1.82) is 0 Å². The highest BCUT2D eigenvalue weighted by Crippen LogP contribution is 2.24. The minimum absolute atomic E-state index is 0.574. The standard InChI is InChI=1S/C8H9N3/c1-3-7-8(10-2)6(9)4-5-11-7/h3-5H,1-2H2,(H2,9,11). The van der Waals surface area contributed by atoms with Crippen molar-refractivity contribution in [3.8, 4) is 0 Å². The molecule has 0 aliphatic heterocycles. The van der Waals surface area contributed by atoms with Crippen molar-refractivity contribution in [2.45, 2.75) is 0 Å². The van der Waals surface area contributed by atoms with Gasteiger partial charge < -0.3 is 5.73 Å². The average Bonchev–Trinajstić information content (AvgIpc) is 2.04. The van der Waals surface area contributed by atoms with Crippen LogP contribution < -0.4 is 5.73 Å². The minimum Gasteiger partial charge on any atom is -0.397 e. The van der Waals surface area contributed by atoms with E-state index in [0.29, 0.717) is 17.1 Å². The number of nitrogen functional groups attached to an aromatic ring is 1. The summed E-state index contributed by atoms with van der Waals surface area (Å²) in [5.74, 6) is 0. The second kappa shape index (κ2) is 2.96. The molecule has 0 unspecified atom stereocenters. The molecular formula is C8H9N3. The Balaban J connectivity index is 3.35. The summed E-state index contributed by atoms with van der Waals surface area (Å²) in [7, 11) is 0. The van der Waals surface area contributed by atoms with Crippen molar-refractivity contribution < 1.29 is 0 Å². The highest BCUT2D eigenvalue weighted by molar-refractivity contribution is 5.73. The molecule has 1 aromatic rings. The average molecular weight is 147 g/mol. The number of nitrogens with two attached hydrogens (primary N) is 1. The summed E-state index contributed by atoms with van der Waals surface area (Å²) in [5.41, 5.74) is 7.43. The Kier molecular flexibility index (Phi) is 2.01. The maximum Gasteiger partial charge on any atom is 0.111 e. The molecule has 56 valence electrons. The largest absolute Gasteiger partial charge is 0.397 e. The third-order valence-electron chi connectivity index (χ3n) is 1.34. The molecule has 0 radical (unpaired) electrons. The molecule has 0 bridgehead atoms. The molecule has 1 heterocycles. The van der Waals surface area contributed by atoms with Gasteiger partial charge in [-0.15, -0.1) is 0 Å². The van der Waals surface area contributed by atoms with Crippen molar-refractivity contribution in [2.75, 3.05) is 5.73 Å². The summed E-state index contributed by atoms with van der Waals surface area (Å²) < 4.78 is 0. The topological polar surface area (TPSA) is 51.3 Å². The van der Waals surface area contributed by atoms with Crippen molar-refractivity contribution in [3.05, 3.63) is 24.5 Å². The predicted molar refractivity (Wildman–Crippen MR) is 47.9 cm³/mol. The molecule has 0 aromatic carbocycles. The van der Waals surface area contributed by atoms with Crippen LogP contribution in [0.15, 0.2) is 23.8 Å². The molecule has 0 fully saturated rings. The molecular weight excluding hydrogens is 138 g/mol. The first-order chi connectivity index (χ1) is 5.29. The van der Waals surface area contributed by atoms with Crippen molar-refractivity contribution >= 4 is 24.2 Å². The highest BCUT2D eigenvalue weighted by Gasteiger charge is 2.00. The van der Waals surface area contributed by atoms with Crippen LogP contribution in [0, 0.1) is 0 Å². The van der Waals surface area contributed by atoms with E-state index in [2.05, 4.69) is 23.3 Å². The SMILES string of the molecule is C=Cc1nccc(N)c1N=C. The number of anilines is 1. The van der Waals surface area contributed by atoms with Crippen LogP contribution in [0.4, 0.5) is 11.4 Å². The number of hydrogen-bond acceptors (Lipinski definition) is 3. The van der Waals surface area contributed by atoms with Crippen LogP contribution in [-0.4, -0.2) is 11.7 Å². The fourth-order valence-corrected chi connectivity index (χ4v) is 0.807. The smallest absolute Gasteiger partial charge is 0.111 e. The van der Waals surface area contributed by atoms with Crippen LogP contribution in [0.5, 0.6) is 0 Å². The number of rotatable bonds is 2. The molecule has 0 saturated carbocycles. The lowest BCUT2D eigenvalue weighted by molar-refractivity contribution is 1.28. The zero-order valence-corrected chi connectivity index (χ0v) is 6.12. The van der Waals surface area contributed by atoms with Gasteiger partial charge in [0.2, 0.25) is 0 Å². The highest BCUT2D eigenvalue weighted by atomic mass is 14.8. The van der Waals surface area contributed by atoms with Gasteiger partial charge in [-0.1, -0.05) is 6.58 Å². The predicted octanol–water partition coefficient (Wildman–Crippen LogP) is 1.64. The monoisotopic (exact) mass is 147 g/mol. The molecule has 0 aliphatic rings. The molecule has 3 nitrogen and oxygen atoms in total. The first kappa shape index (κ1) is 7.47. The third-order valence-corrected chi connectivity index (χ3v) is 1.34. The van der Waals surface area contributed by atoms with Crippen LogP contribution in [0.3, 0.4) is 0 Å². The lowest BCUT2D eigenvalue weighted by atomic mass is 10.2. The molecule has 1 aromatic heterocycles. The first-order valence-corrected chi connectivity index (χ1v) is 3.13. The van der Waals surface area contributed by atoms with Gasteiger partial charge in [0.05, 0.1) is 11.4 Å². The summed E-state index contributed by atoms with van der Waals surface area (Å²) in [5, 5.41) is 0. The molecule has 0 aliphatic carbocycles. The molecule has 0 atom stereocenters. The molecule has 2 N–H and O–H groups in total. The summed E-state index contributed by atoms with van der Waals surface area (Å²) in [6, 6.07) is 1.68. The lowest BCUT2D eigenvalue weighted by Crippen LogP contribution is -1.89. The van der Waals surface area contributed by atoms with Gasteiger partial charge in [-0.25, -0.2) is 0 Å². The van der Waals surface area contributed by atoms with E-state index in [1.807, 2.05) is 0 Å². The Morgan fingerprint density at radius 2 is 2.36 bits per heavy atom. The van der Waals surface area contributed by atoms with E-state index in [4.69, 9.17) is 5.73 Å². The van der Waals surface area contributed by atoms with E-state index in [0.717, 1.165) is 0 Å². The Morgan fingerprint density at radius 3 is 2.82 bits per heavy atom. The zero-order valence-electron chi connectivity index (χ0n) is 6.12. The van der Waals surface area contributed by atoms with E-state index in [9.17, 15) is 0 Å².